The molecule has 8 nitrogen and oxygen atoms in total. The van der Waals surface area contributed by atoms with Gasteiger partial charge in [0.05, 0.1) is 22.6 Å². The van der Waals surface area contributed by atoms with Gasteiger partial charge in [-0.2, -0.15) is 0 Å². The molecule has 108 valence electrons. The van der Waals surface area contributed by atoms with Crippen molar-refractivity contribution < 1.29 is 9.85 Å². The summed E-state index contributed by atoms with van der Waals surface area (Å²) in [7, 11) is 0. The topological polar surface area (TPSA) is 108 Å². The minimum absolute atomic E-state index is 0.0184. The third kappa shape index (κ3) is 3.23. The third-order valence-corrected chi connectivity index (χ3v) is 3.06. The minimum Gasteiger partial charge on any atom is -0.304 e. The Labute approximate surface area is 122 Å². The van der Waals surface area contributed by atoms with Crippen LogP contribution in [-0.4, -0.2) is 14.4 Å². The lowest BCUT2D eigenvalue weighted by molar-refractivity contribution is -0.385. The van der Waals surface area contributed by atoms with Gasteiger partial charge < -0.3 is 4.57 Å². The molecule has 0 aliphatic heterocycles. The molecule has 0 spiro atoms. The number of nitrogens with zero attached hydrogens (tertiary/aromatic N) is 3. The highest BCUT2D eigenvalue weighted by Gasteiger charge is 2.14. The summed E-state index contributed by atoms with van der Waals surface area (Å²) >= 11 is 5.69. The molecule has 0 saturated heterocycles. The first kappa shape index (κ1) is 14.7. The van der Waals surface area contributed by atoms with Crippen molar-refractivity contribution in [2.45, 2.75) is 6.54 Å². The molecule has 0 aliphatic carbocycles. The van der Waals surface area contributed by atoms with Crippen molar-refractivity contribution in [3.05, 3.63) is 77.7 Å². The highest BCUT2D eigenvalue weighted by molar-refractivity contribution is 6.32. The average molecular weight is 310 g/mol. The summed E-state index contributed by atoms with van der Waals surface area (Å²) in [5.74, 6) is 0. The minimum atomic E-state index is -0.637. The molecule has 1 aromatic carbocycles. The second kappa shape index (κ2) is 5.71. The zero-order chi connectivity index (χ0) is 15.6. The van der Waals surface area contributed by atoms with Gasteiger partial charge in [-0.1, -0.05) is 17.7 Å². The van der Waals surface area contributed by atoms with Crippen molar-refractivity contribution in [2.75, 3.05) is 0 Å². The van der Waals surface area contributed by atoms with E-state index in [4.69, 9.17) is 11.6 Å². The van der Waals surface area contributed by atoms with Crippen LogP contribution in [-0.2, 0) is 6.54 Å². The van der Waals surface area contributed by atoms with Gasteiger partial charge in [0.25, 0.3) is 16.9 Å². The fourth-order valence-corrected chi connectivity index (χ4v) is 1.93. The molecule has 2 rings (SSSR count). The monoisotopic (exact) mass is 309 g/mol. The van der Waals surface area contributed by atoms with Crippen molar-refractivity contribution in [3.63, 3.8) is 0 Å². The van der Waals surface area contributed by atoms with Gasteiger partial charge in [0.1, 0.15) is 5.02 Å². The maximum absolute atomic E-state index is 11.7. The molecule has 2 aromatic rings. The first-order valence-corrected chi connectivity index (χ1v) is 6.04. The molecule has 0 radical (unpaired) electrons. The zero-order valence-electron chi connectivity index (χ0n) is 10.4. The molecule has 0 amide bonds. The Morgan fingerprint density at radius 1 is 1.10 bits per heavy atom. The second-order valence-electron chi connectivity index (χ2n) is 4.15. The molecule has 0 atom stereocenters. The fourth-order valence-electron chi connectivity index (χ4n) is 1.74. The summed E-state index contributed by atoms with van der Waals surface area (Å²) in [6.45, 7) is -0.0292. The van der Waals surface area contributed by atoms with E-state index in [0.29, 0.717) is 5.56 Å². The van der Waals surface area contributed by atoms with E-state index in [1.807, 2.05) is 0 Å². The van der Waals surface area contributed by atoms with Crippen molar-refractivity contribution >= 4 is 23.0 Å². The van der Waals surface area contributed by atoms with Gasteiger partial charge in [-0.15, -0.1) is 0 Å². The lowest BCUT2D eigenvalue weighted by Gasteiger charge is -2.06. The lowest BCUT2D eigenvalue weighted by Crippen LogP contribution is -2.19. The van der Waals surface area contributed by atoms with Gasteiger partial charge in [0.15, 0.2) is 0 Å². The first-order valence-electron chi connectivity index (χ1n) is 5.66. The van der Waals surface area contributed by atoms with Gasteiger partial charge in [0.2, 0.25) is 0 Å². The van der Waals surface area contributed by atoms with E-state index in [1.165, 1.54) is 18.2 Å². The molecule has 0 aliphatic rings. The number of rotatable bonds is 4. The quantitative estimate of drug-likeness (QED) is 0.636. The van der Waals surface area contributed by atoms with Crippen LogP contribution in [0.25, 0.3) is 0 Å². The zero-order valence-corrected chi connectivity index (χ0v) is 11.2. The molecule has 21 heavy (non-hydrogen) atoms. The normalized spacial score (nSPS) is 10.3. The van der Waals surface area contributed by atoms with Crippen molar-refractivity contribution in [1.82, 2.24) is 4.57 Å². The Kier molecular flexibility index (Phi) is 3.99. The van der Waals surface area contributed by atoms with Crippen LogP contribution >= 0.6 is 11.6 Å². The number of aromatic nitrogens is 1. The van der Waals surface area contributed by atoms with Crippen LogP contribution in [0, 0.1) is 20.2 Å². The van der Waals surface area contributed by atoms with Gasteiger partial charge in [-0.3, -0.25) is 25.0 Å². The molecular weight excluding hydrogens is 302 g/mol. The predicted molar refractivity (Wildman–Crippen MR) is 74.6 cm³/mol. The molecule has 0 N–H and O–H groups in total. The average Bonchev–Trinajstić information content (AvgIpc) is 2.42. The maximum Gasteiger partial charge on any atom is 0.288 e. The molecule has 1 heterocycles. The number of benzene rings is 1. The Morgan fingerprint density at radius 3 is 2.43 bits per heavy atom. The number of hydrogen-bond acceptors (Lipinski definition) is 5. The maximum atomic E-state index is 11.7. The van der Waals surface area contributed by atoms with Gasteiger partial charge in [0, 0.05) is 18.2 Å². The van der Waals surface area contributed by atoms with Crippen molar-refractivity contribution in [3.8, 4) is 0 Å². The lowest BCUT2D eigenvalue weighted by atomic mass is 10.2. The van der Waals surface area contributed by atoms with Crippen LogP contribution in [0.3, 0.4) is 0 Å². The van der Waals surface area contributed by atoms with Crippen LogP contribution in [0.5, 0.6) is 0 Å². The molecular formula is C12H8ClN3O5. The Hall–Kier alpha value is -2.74. The number of pyridine rings is 1. The van der Waals surface area contributed by atoms with Crippen molar-refractivity contribution in [2.24, 2.45) is 0 Å². The molecule has 0 unspecified atom stereocenters. The smallest absolute Gasteiger partial charge is 0.288 e. The fraction of sp³-hybridized carbons (Fsp3) is 0.0833. The summed E-state index contributed by atoms with van der Waals surface area (Å²) in [5, 5.41) is 21.5. The standard InChI is InChI=1S/C12H8ClN3O5/c13-10-3-1-8(5-11(10)16(20)21)6-14-7-9(15(18)19)2-4-12(14)17/h1-5,7H,6H2. The van der Waals surface area contributed by atoms with E-state index in [2.05, 4.69) is 0 Å². The summed E-state index contributed by atoms with van der Waals surface area (Å²) < 4.78 is 1.10. The van der Waals surface area contributed by atoms with Crippen LogP contribution < -0.4 is 5.56 Å². The van der Waals surface area contributed by atoms with E-state index in [0.717, 1.165) is 22.9 Å². The van der Waals surface area contributed by atoms with Gasteiger partial charge in [-0.05, 0) is 11.6 Å². The van der Waals surface area contributed by atoms with Gasteiger partial charge >= 0.3 is 0 Å². The van der Waals surface area contributed by atoms with Crippen LogP contribution in [0.1, 0.15) is 5.56 Å². The van der Waals surface area contributed by atoms with Crippen molar-refractivity contribution in [1.29, 1.82) is 0 Å². The number of halogens is 1. The van der Waals surface area contributed by atoms with E-state index in [9.17, 15) is 25.0 Å². The summed E-state index contributed by atoms with van der Waals surface area (Å²) in [6.07, 6.45) is 1.09. The third-order valence-electron chi connectivity index (χ3n) is 2.74. The van der Waals surface area contributed by atoms with E-state index in [-0.39, 0.29) is 22.9 Å². The molecule has 0 fully saturated rings. The molecule has 9 heteroatoms. The molecule has 1 aromatic heterocycles. The first-order chi connectivity index (χ1) is 9.88. The Morgan fingerprint density at radius 2 is 1.81 bits per heavy atom. The van der Waals surface area contributed by atoms with E-state index >= 15 is 0 Å². The van der Waals surface area contributed by atoms with E-state index < -0.39 is 15.4 Å². The predicted octanol–water partition coefficient (Wildman–Crippen LogP) is 2.37. The highest BCUT2D eigenvalue weighted by Crippen LogP contribution is 2.25. The molecule has 0 saturated carbocycles. The number of nitro groups is 2. The molecule has 0 bridgehead atoms. The number of nitro benzene ring substituents is 1. The Balaban J connectivity index is 2.41. The summed E-state index contributed by atoms with van der Waals surface area (Å²) in [6, 6.07) is 6.26. The SMILES string of the molecule is O=c1ccc([N+](=O)[O-])cn1Cc1ccc(Cl)c([N+](=O)[O-])c1. The van der Waals surface area contributed by atoms with Crippen LogP contribution in [0.4, 0.5) is 11.4 Å². The Bertz CT molecular complexity index is 787. The van der Waals surface area contributed by atoms with Crippen LogP contribution in [0.15, 0.2) is 41.3 Å². The second-order valence-corrected chi connectivity index (χ2v) is 4.56. The summed E-state index contributed by atoms with van der Waals surface area (Å²) in [4.78, 5) is 31.9. The van der Waals surface area contributed by atoms with Crippen LogP contribution in [0.2, 0.25) is 5.02 Å². The number of hydrogen-bond donors (Lipinski definition) is 0. The largest absolute Gasteiger partial charge is 0.304 e. The van der Waals surface area contributed by atoms with Gasteiger partial charge in [-0.25, -0.2) is 0 Å². The highest BCUT2D eigenvalue weighted by atomic mass is 35.5. The summed E-state index contributed by atoms with van der Waals surface area (Å²) in [5.41, 5.74) is -0.530. The van der Waals surface area contributed by atoms with E-state index in [1.54, 1.807) is 0 Å².